The molecule has 3 heterocycles. The topological polar surface area (TPSA) is 75.0 Å². The van der Waals surface area contributed by atoms with Gasteiger partial charge < -0.3 is 15.0 Å². The molecule has 8 nitrogen and oxygen atoms in total. The van der Waals surface area contributed by atoms with E-state index in [1.165, 1.54) is 0 Å². The van der Waals surface area contributed by atoms with Crippen LogP contribution < -0.4 is 10.1 Å². The van der Waals surface area contributed by atoms with E-state index in [1.807, 2.05) is 34.9 Å². The summed E-state index contributed by atoms with van der Waals surface area (Å²) in [6, 6.07) is 11.0. The highest BCUT2D eigenvalue weighted by atomic mass is 16.5. The molecule has 3 aromatic rings. The van der Waals surface area contributed by atoms with Gasteiger partial charge in [0.25, 0.3) is 5.91 Å². The van der Waals surface area contributed by atoms with Gasteiger partial charge in [-0.3, -0.25) is 14.1 Å². The number of ether oxygens (including phenoxy) is 1. The van der Waals surface area contributed by atoms with Crippen molar-refractivity contribution in [3.05, 3.63) is 54.0 Å². The van der Waals surface area contributed by atoms with Gasteiger partial charge in [-0.2, -0.15) is 0 Å². The lowest BCUT2D eigenvalue weighted by atomic mass is 10.1. The number of nitrogens with zero attached hydrogens (tertiary/aromatic N) is 5. The number of likely N-dealkylation sites (N-methyl/N-ethyl adjacent to an activating group) is 2. The van der Waals surface area contributed by atoms with E-state index in [4.69, 9.17) is 4.74 Å². The Kier molecular flexibility index (Phi) is 4.97. The second kappa shape index (κ2) is 7.57. The Bertz CT molecular complexity index is 1000. The lowest BCUT2D eigenvalue weighted by Crippen LogP contribution is -2.45. The standard InChI is InChI=1S/C20H24N6O2/c1-24-9-10-25(2)17(13-24)19-23-22-18-8-7-14(12-26(18)19)20(27)21-15-5-4-6-16(11-15)28-3/h4-8,11-12,17H,9-10,13H2,1-3H3,(H,21,27). The van der Waals surface area contributed by atoms with Crippen molar-refractivity contribution in [1.29, 1.82) is 0 Å². The Morgan fingerprint density at radius 3 is 2.86 bits per heavy atom. The minimum Gasteiger partial charge on any atom is -0.497 e. The summed E-state index contributed by atoms with van der Waals surface area (Å²) >= 11 is 0. The Labute approximate surface area is 163 Å². The lowest BCUT2D eigenvalue weighted by molar-refractivity contribution is 0.102. The molecular weight excluding hydrogens is 356 g/mol. The van der Waals surface area contributed by atoms with Crippen molar-refractivity contribution in [2.75, 3.05) is 46.2 Å². The minimum absolute atomic E-state index is 0.130. The molecule has 8 heteroatoms. The van der Waals surface area contributed by atoms with Crippen LogP contribution in [0.5, 0.6) is 5.75 Å². The van der Waals surface area contributed by atoms with Crippen LogP contribution in [0.3, 0.4) is 0 Å². The van der Waals surface area contributed by atoms with Gasteiger partial charge in [-0.15, -0.1) is 10.2 Å². The smallest absolute Gasteiger partial charge is 0.257 e. The number of aromatic nitrogens is 3. The second-order valence-electron chi connectivity index (χ2n) is 7.15. The third-order valence-electron chi connectivity index (χ3n) is 5.17. The average Bonchev–Trinajstić information content (AvgIpc) is 3.13. The molecule has 146 valence electrons. The largest absolute Gasteiger partial charge is 0.497 e. The molecule has 1 fully saturated rings. The number of methoxy groups -OCH3 is 1. The summed E-state index contributed by atoms with van der Waals surface area (Å²) in [5, 5.41) is 11.6. The quantitative estimate of drug-likeness (QED) is 0.745. The molecule has 2 aromatic heterocycles. The van der Waals surface area contributed by atoms with Gasteiger partial charge in [-0.25, -0.2) is 0 Å². The maximum Gasteiger partial charge on any atom is 0.257 e. The summed E-state index contributed by atoms with van der Waals surface area (Å²) in [5.41, 5.74) is 1.96. The molecule has 0 saturated carbocycles. The predicted molar refractivity (Wildman–Crippen MR) is 107 cm³/mol. The van der Waals surface area contributed by atoms with E-state index < -0.39 is 0 Å². The second-order valence-corrected chi connectivity index (χ2v) is 7.15. The molecular formula is C20H24N6O2. The number of hydrogen-bond donors (Lipinski definition) is 1. The fraction of sp³-hybridized carbons (Fsp3) is 0.350. The number of amides is 1. The number of nitrogens with one attached hydrogen (secondary N) is 1. The zero-order chi connectivity index (χ0) is 19.7. The molecule has 4 rings (SSSR count). The summed E-state index contributed by atoms with van der Waals surface area (Å²) in [7, 11) is 5.80. The number of carbonyl (C=O) groups is 1. The van der Waals surface area contributed by atoms with Gasteiger partial charge in [0, 0.05) is 37.6 Å². The highest BCUT2D eigenvalue weighted by Gasteiger charge is 2.28. The van der Waals surface area contributed by atoms with Crippen LogP contribution in [0, 0.1) is 0 Å². The first-order valence-corrected chi connectivity index (χ1v) is 9.24. The Hall–Kier alpha value is -2.97. The molecule has 1 N–H and O–H groups in total. The van der Waals surface area contributed by atoms with Crippen LogP contribution in [0.4, 0.5) is 5.69 Å². The first-order chi connectivity index (χ1) is 13.5. The average molecular weight is 380 g/mol. The van der Waals surface area contributed by atoms with E-state index in [9.17, 15) is 4.79 Å². The van der Waals surface area contributed by atoms with Crippen molar-refractivity contribution < 1.29 is 9.53 Å². The van der Waals surface area contributed by atoms with E-state index in [-0.39, 0.29) is 11.9 Å². The first kappa shape index (κ1) is 18.4. The zero-order valence-corrected chi connectivity index (χ0v) is 16.3. The van der Waals surface area contributed by atoms with Crippen molar-refractivity contribution in [2.24, 2.45) is 0 Å². The van der Waals surface area contributed by atoms with Crippen molar-refractivity contribution in [3.8, 4) is 5.75 Å². The number of benzene rings is 1. The number of rotatable bonds is 4. The van der Waals surface area contributed by atoms with E-state index >= 15 is 0 Å². The van der Waals surface area contributed by atoms with Gasteiger partial charge in [0.05, 0.1) is 18.7 Å². The van der Waals surface area contributed by atoms with Gasteiger partial charge in [0.1, 0.15) is 5.75 Å². The van der Waals surface area contributed by atoms with Crippen LogP contribution in [-0.2, 0) is 0 Å². The van der Waals surface area contributed by atoms with Crippen LogP contribution in [0.1, 0.15) is 22.2 Å². The fourth-order valence-corrected chi connectivity index (χ4v) is 3.46. The van der Waals surface area contributed by atoms with Crippen LogP contribution in [-0.4, -0.2) is 71.1 Å². The number of carbonyl (C=O) groups excluding carboxylic acids is 1. The van der Waals surface area contributed by atoms with Crippen molar-refractivity contribution in [3.63, 3.8) is 0 Å². The molecule has 1 unspecified atom stereocenters. The molecule has 0 radical (unpaired) electrons. The third kappa shape index (κ3) is 3.56. The fourth-order valence-electron chi connectivity index (χ4n) is 3.46. The van der Waals surface area contributed by atoms with Gasteiger partial charge >= 0.3 is 0 Å². The molecule has 1 atom stereocenters. The highest BCUT2D eigenvalue weighted by molar-refractivity contribution is 6.04. The minimum atomic E-state index is -0.191. The number of fused-ring (bicyclic) bond motifs is 1. The SMILES string of the molecule is COc1cccc(NC(=O)c2ccc3nnc(C4CN(C)CCN4C)n3c2)c1. The number of anilines is 1. The molecule has 1 saturated heterocycles. The maximum absolute atomic E-state index is 12.8. The Morgan fingerprint density at radius 2 is 2.04 bits per heavy atom. The molecule has 1 amide bonds. The van der Waals surface area contributed by atoms with Gasteiger partial charge in [-0.1, -0.05) is 6.07 Å². The predicted octanol–water partition coefficient (Wildman–Crippen LogP) is 1.91. The molecule has 28 heavy (non-hydrogen) atoms. The molecule has 0 bridgehead atoms. The van der Waals surface area contributed by atoms with E-state index in [0.29, 0.717) is 17.0 Å². The van der Waals surface area contributed by atoms with E-state index in [2.05, 4.69) is 39.4 Å². The normalized spacial score (nSPS) is 18.3. The summed E-state index contributed by atoms with van der Waals surface area (Å²) in [6.45, 7) is 2.86. The zero-order valence-electron chi connectivity index (χ0n) is 16.3. The molecule has 0 aliphatic carbocycles. The van der Waals surface area contributed by atoms with Gasteiger partial charge in [-0.05, 0) is 38.4 Å². The van der Waals surface area contributed by atoms with Crippen LogP contribution >= 0.6 is 0 Å². The summed E-state index contributed by atoms with van der Waals surface area (Å²) in [4.78, 5) is 17.3. The summed E-state index contributed by atoms with van der Waals surface area (Å²) in [5.74, 6) is 1.35. The van der Waals surface area contributed by atoms with Gasteiger partial charge in [0.15, 0.2) is 11.5 Å². The number of piperazine rings is 1. The van der Waals surface area contributed by atoms with E-state index in [1.54, 1.807) is 19.2 Å². The Balaban J connectivity index is 1.62. The molecule has 1 aliphatic rings. The lowest BCUT2D eigenvalue weighted by Gasteiger charge is -2.36. The first-order valence-electron chi connectivity index (χ1n) is 9.24. The monoisotopic (exact) mass is 380 g/mol. The van der Waals surface area contributed by atoms with Crippen LogP contribution in [0.25, 0.3) is 5.65 Å². The highest BCUT2D eigenvalue weighted by Crippen LogP contribution is 2.23. The van der Waals surface area contributed by atoms with Crippen molar-refractivity contribution in [2.45, 2.75) is 6.04 Å². The molecule has 0 spiro atoms. The van der Waals surface area contributed by atoms with Crippen LogP contribution in [0.15, 0.2) is 42.6 Å². The molecule has 1 aromatic carbocycles. The summed E-state index contributed by atoms with van der Waals surface area (Å²) < 4.78 is 7.13. The van der Waals surface area contributed by atoms with E-state index in [0.717, 1.165) is 31.1 Å². The summed E-state index contributed by atoms with van der Waals surface area (Å²) in [6.07, 6.45) is 1.81. The van der Waals surface area contributed by atoms with Crippen molar-refractivity contribution in [1.82, 2.24) is 24.4 Å². The third-order valence-corrected chi connectivity index (χ3v) is 5.17. The maximum atomic E-state index is 12.8. The molecule has 1 aliphatic heterocycles. The van der Waals surface area contributed by atoms with Gasteiger partial charge in [0.2, 0.25) is 0 Å². The number of pyridine rings is 1. The number of hydrogen-bond acceptors (Lipinski definition) is 6. The van der Waals surface area contributed by atoms with Crippen molar-refractivity contribution >= 4 is 17.2 Å². The Morgan fingerprint density at radius 1 is 1.18 bits per heavy atom. The van der Waals surface area contributed by atoms with Crippen LogP contribution in [0.2, 0.25) is 0 Å².